The highest BCUT2D eigenvalue weighted by Gasteiger charge is 2.28. The third-order valence-corrected chi connectivity index (χ3v) is 10.5. The summed E-state index contributed by atoms with van der Waals surface area (Å²) in [6.45, 7) is -0.356. The molecule has 1 saturated heterocycles. The monoisotopic (exact) mass is 614 g/mol. The Morgan fingerprint density at radius 3 is 2.40 bits per heavy atom. The molecule has 1 amide bonds. The number of anilines is 1. The normalized spacial score (nSPS) is 14.4. The van der Waals surface area contributed by atoms with Crippen molar-refractivity contribution < 1.29 is 45.2 Å². The van der Waals surface area contributed by atoms with E-state index in [4.69, 9.17) is 9.47 Å². The number of nitrogens with zero attached hydrogens (tertiary/aromatic N) is 3. The first-order chi connectivity index (χ1) is 18.9. The smallest absolute Gasteiger partial charge is 0.341 e. The van der Waals surface area contributed by atoms with E-state index in [-0.39, 0.29) is 51.1 Å². The van der Waals surface area contributed by atoms with Crippen LogP contribution in [0.4, 0.5) is 15.2 Å². The predicted molar refractivity (Wildman–Crippen MR) is 136 cm³/mol. The fourth-order valence-corrected chi connectivity index (χ4v) is 7.31. The molecular formula is C22H19FN4O10S3. The topological polar surface area (TPSA) is 192 Å². The molecule has 0 saturated carbocycles. The number of ether oxygens (including phenoxy) is 2. The van der Waals surface area contributed by atoms with Crippen LogP contribution in [-0.2, 0) is 34.1 Å². The van der Waals surface area contributed by atoms with Crippen molar-refractivity contribution in [3.63, 3.8) is 0 Å². The lowest BCUT2D eigenvalue weighted by Crippen LogP contribution is -2.40. The number of thiazole rings is 1. The van der Waals surface area contributed by atoms with E-state index in [9.17, 15) is 40.9 Å². The molecule has 0 unspecified atom stereocenters. The molecule has 0 aliphatic carbocycles. The molecule has 0 bridgehead atoms. The molecule has 14 nitrogen and oxygen atoms in total. The van der Waals surface area contributed by atoms with Gasteiger partial charge in [0, 0.05) is 25.2 Å². The summed E-state index contributed by atoms with van der Waals surface area (Å²) in [6, 6.07) is 6.80. The highest BCUT2D eigenvalue weighted by atomic mass is 32.2. The van der Waals surface area contributed by atoms with Crippen LogP contribution in [0.3, 0.4) is 0 Å². The van der Waals surface area contributed by atoms with Crippen LogP contribution < -0.4 is 5.32 Å². The Morgan fingerprint density at radius 2 is 1.75 bits per heavy atom. The van der Waals surface area contributed by atoms with Gasteiger partial charge in [0.05, 0.1) is 39.7 Å². The van der Waals surface area contributed by atoms with Crippen LogP contribution in [0.25, 0.3) is 0 Å². The second-order valence-corrected chi connectivity index (χ2v) is 13.2. The van der Waals surface area contributed by atoms with Gasteiger partial charge in [0.1, 0.15) is 10.0 Å². The summed E-state index contributed by atoms with van der Waals surface area (Å²) in [5, 5.41) is 12.9. The highest BCUT2D eigenvalue weighted by Crippen LogP contribution is 2.29. The van der Waals surface area contributed by atoms with Crippen molar-refractivity contribution in [1.29, 1.82) is 0 Å². The predicted octanol–water partition coefficient (Wildman–Crippen LogP) is 1.84. The van der Waals surface area contributed by atoms with Crippen LogP contribution in [-0.4, -0.2) is 75.8 Å². The Kier molecular flexibility index (Phi) is 8.54. The zero-order valence-corrected chi connectivity index (χ0v) is 22.6. The molecule has 2 aromatic carbocycles. The number of morpholine rings is 1. The number of sulfone groups is 1. The number of nitro benzene ring substituents is 1. The van der Waals surface area contributed by atoms with Gasteiger partial charge in [-0.25, -0.2) is 31.0 Å². The summed E-state index contributed by atoms with van der Waals surface area (Å²) in [6.07, 6.45) is 0.971. The standard InChI is InChI=1S/C22H19FN4O10S3/c23-18-6-5-16(40(34,35)26-7-9-36-10-8-26)11-17(18)21(29)37-13-19(28)25-22-24-12-20(38-22)39(32,33)15-3-1-14(2-4-15)27(30)31/h1-6,11-12H,7-10,13H2,(H,24,25,28). The van der Waals surface area contributed by atoms with Crippen molar-refractivity contribution in [1.82, 2.24) is 9.29 Å². The molecule has 1 aliphatic heterocycles. The molecule has 1 aliphatic rings. The molecule has 3 aromatic rings. The van der Waals surface area contributed by atoms with Gasteiger partial charge in [-0.05, 0) is 30.3 Å². The van der Waals surface area contributed by atoms with Crippen molar-refractivity contribution in [2.24, 2.45) is 0 Å². The first kappa shape index (κ1) is 29.2. The van der Waals surface area contributed by atoms with Gasteiger partial charge in [0.15, 0.2) is 11.7 Å². The molecule has 1 aromatic heterocycles. The third kappa shape index (κ3) is 6.31. The summed E-state index contributed by atoms with van der Waals surface area (Å²) in [5.74, 6) is -3.29. The van der Waals surface area contributed by atoms with E-state index >= 15 is 0 Å². The SMILES string of the molecule is O=C(COC(=O)c1cc(S(=O)(=O)N2CCOCC2)ccc1F)Nc1ncc(S(=O)(=O)c2ccc([N+](=O)[O-])cc2)s1. The summed E-state index contributed by atoms with van der Waals surface area (Å²) in [4.78, 5) is 38.0. The number of halogens is 1. The lowest BCUT2D eigenvalue weighted by molar-refractivity contribution is -0.384. The highest BCUT2D eigenvalue weighted by molar-refractivity contribution is 7.93. The second kappa shape index (κ2) is 11.7. The number of nitro groups is 1. The molecule has 40 heavy (non-hydrogen) atoms. The minimum Gasteiger partial charge on any atom is -0.452 e. The Hall–Kier alpha value is -3.84. The van der Waals surface area contributed by atoms with E-state index in [0.29, 0.717) is 11.3 Å². The number of carbonyl (C=O) groups excluding carboxylic acids is 2. The number of benzene rings is 2. The van der Waals surface area contributed by atoms with E-state index in [1.165, 1.54) is 0 Å². The number of aromatic nitrogens is 1. The van der Waals surface area contributed by atoms with Crippen LogP contribution in [0.2, 0.25) is 0 Å². The van der Waals surface area contributed by atoms with Crippen LogP contribution in [0.15, 0.2) is 62.7 Å². The van der Waals surface area contributed by atoms with Crippen LogP contribution in [0.5, 0.6) is 0 Å². The summed E-state index contributed by atoms with van der Waals surface area (Å²) in [7, 11) is -8.12. The van der Waals surface area contributed by atoms with Crippen molar-refractivity contribution in [2.45, 2.75) is 14.0 Å². The van der Waals surface area contributed by atoms with Gasteiger partial charge in [-0.1, -0.05) is 11.3 Å². The third-order valence-electron chi connectivity index (χ3n) is 5.45. The van der Waals surface area contributed by atoms with E-state index in [0.717, 1.165) is 53.0 Å². The number of nitrogens with one attached hydrogen (secondary N) is 1. The molecule has 0 atom stereocenters. The summed E-state index contributed by atoms with van der Waals surface area (Å²) >= 11 is 0.579. The van der Waals surface area contributed by atoms with Gasteiger partial charge in [0.2, 0.25) is 19.9 Å². The van der Waals surface area contributed by atoms with Gasteiger partial charge in [-0.3, -0.25) is 20.2 Å². The maximum atomic E-state index is 14.3. The van der Waals surface area contributed by atoms with E-state index in [1.807, 2.05) is 0 Å². The van der Waals surface area contributed by atoms with E-state index in [1.54, 1.807) is 0 Å². The minimum absolute atomic E-state index is 0.0906. The van der Waals surface area contributed by atoms with Crippen LogP contribution in [0, 0.1) is 15.9 Å². The lowest BCUT2D eigenvalue weighted by atomic mass is 10.2. The number of carbonyl (C=O) groups is 2. The first-order valence-corrected chi connectivity index (χ1v) is 14.9. The summed E-state index contributed by atoms with van der Waals surface area (Å²) in [5.41, 5.74) is -0.996. The van der Waals surface area contributed by atoms with Gasteiger partial charge >= 0.3 is 5.97 Å². The maximum Gasteiger partial charge on any atom is 0.341 e. The van der Waals surface area contributed by atoms with Gasteiger partial charge in [-0.2, -0.15) is 4.31 Å². The lowest BCUT2D eigenvalue weighted by Gasteiger charge is -2.26. The van der Waals surface area contributed by atoms with E-state index < -0.39 is 54.6 Å². The largest absolute Gasteiger partial charge is 0.452 e. The molecule has 0 radical (unpaired) electrons. The van der Waals surface area contributed by atoms with Crippen molar-refractivity contribution in [2.75, 3.05) is 38.2 Å². The number of esters is 1. The van der Waals surface area contributed by atoms with E-state index in [2.05, 4.69) is 10.3 Å². The number of hydrogen-bond donors (Lipinski definition) is 1. The molecule has 18 heteroatoms. The first-order valence-electron chi connectivity index (χ1n) is 11.2. The zero-order valence-electron chi connectivity index (χ0n) is 20.2. The molecular weight excluding hydrogens is 595 g/mol. The molecule has 0 spiro atoms. The minimum atomic E-state index is -4.09. The quantitative estimate of drug-likeness (QED) is 0.210. The number of sulfonamides is 1. The number of non-ortho nitro benzene ring substituents is 1. The number of rotatable bonds is 9. The second-order valence-electron chi connectivity index (χ2n) is 8.02. The summed E-state index contributed by atoms with van der Waals surface area (Å²) < 4.78 is 76.2. The Balaban J connectivity index is 1.39. The maximum absolute atomic E-state index is 14.3. The van der Waals surface area contributed by atoms with Gasteiger partial charge in [0.25, 0.3) is 11.6 Å². The molecule has 4 rings (SSSR count). The molecule has 1 N–H and O–H groups in total. The average molecular weight is 615 g/mol. The molecule has 2 heterocycles. The van der Waals surface area contributed by atoms with Crippen molar-refractivity contribution in [3.05, 3.63) is 70.2 Å². The molecule has 212 valence electrons. The molecule has 1 fully saturated rings. The fourth-order valence-electron chi connectivity index (χ4n) is 3.43. The fraction of sp³-hybridized carbons (Fsp3) is 0.227. The number of amides is 1. The van der Waals surface area contributed by atoms with Gasteiger partial charge in [-0.15, -0.1) is 0 Å². The zero-order chi connectivity index (χ0) is 29.1. The van der Waals surface area contributed by atoms with Gasteiger partial charge < -0.3 is 9.47 Å². The number of hydrogen-bond acceptors (Lipinski definition) is 12. The Morgan fingerprint density at radius 1 is 1.10 bits per heavy atom. The average Bonchev–Trinajstić information content (AvgIpc) is 3.41. The van der Waals surface area contributed by atoms with Crippen molar-refractivity contribution in [3.8, 4) is 0 Å². The van der Waals surface area contributed by atoms with Crippen molar-refractivity contribution >= 4 is 53.9 Å². The van der Waals surface area contributed by atoms with Crippen LogP contribution >= 0.6 is 11.3 Å². The van der Waals surface area contributed by atoms with Crippen LogP contribution in [0.1, 0.15) is 10.4 Å². The Labute approximate surface area is 230 Å². The Bertz CT molecular complexity index is 1670.